The fraction of sp³-hybridized carbons (Fsp3) is 0.577. The average molecular weight is 544 g/mol. The van der Waals surface area contributed by atoms with Gasteiger partial charge < -0.3 is 14.9 Å². The fourth-order valence-electron chi connectivity index (χ4n) is 6.26. The van der Waals surface area contributed by atoms with E-state index in [0.29, 0.717) is 45.0 Å². The van der Waals surface area contributed by atoms with Crippen LogP contribution in [0, 0.1) is 17.3 Å². The molecule has 1 aliphatic carbocycles. The van der Waals surface area contributed by atoms with Gasteiger partial charge in [0, 0.05) is 35.7 Å². The van der Waals surface area contributed by atoms with Crippen LogP contribution in [0.25, 0.3) is 11.2 Å². The lowest BCUT2D eigenvalue weighted by Gasteiger charge is -2.52. The lowest BCUT2D eigenvalue weighted by atomic mass is 9.65. The van der Waals surface area contributed by atoms with Gasteiger partial charge in [-0.3, -0.25) is 4.79 Å². The third-order valence-corrected chi connectivity index (χ3v) is 9.30. The molecule has 2 aliphatic heterocycles. The molecule has 2 atom stereocenters. The maximum absolute atomic E-state index is 11.5. The second-order valence-corrected chi connectivity index (χ2v) is 12.1. The number of piperidine rings is 1. The summed E-state index contributed by atoms with van der Waals surface area (Å²) in [7, 11) is 0. The smallest absolute Gasteiger partial charge is 0.309 e. The maximum atomic E-state index is 11.5. The van der Waals surface area contributed by atoms with Crippen molar-refractivity contribution in [2.45, 2.75) is 51.6 Å². The molecule has 9 nitrogen and oxygen atoms in total. The summed E-state index contributed by atoms with van der Waals surface area (Å²) < 4.78 is 1.79. The van der Waals surface area contributed by atoms with Crippen molar-refractivity contribution in [2.75, 3.05) is 31.1 Å². The predicted molar refractivity (Wildman–Crippen MR) is 142 cm³/mol. The quantitative estimate of drug-likeness (QED) is 0.483. The molecule has 1 N–H and O–H groups in total. The van der Waals surface area contributed by atoms with Crippen LogP contribution in [0.15, 0.2) is 24.4 Å². The van der Waals surface area contributed by atoms with E-state index in [-0.39, 0.29) is 6.04 Å². The van der Waals surface area contributed by atoms with Crippen molar-refractivity contribution in [3.05, 3.63) is 40.0 Å². The summed E-state index contributed by atoms with van der Waals surface area (Å²) >= 11 is 12.5. The van der Waals surface area contributed by atoms with Gasteiger partial charge in [0.2, 0.25) is 5.95 Å². The summed E-state index contributed by atoms with van der Waals surface area (Å²) in [6.07, 6.45) is 5.68. The first kappa shape index (κ1) is 24.8. The van der Waals surface area contributed by atoms with Crippen molar-refractivity contribution in [1.29, 1.82) is 0 Å². The molecule has 3 aromatic rings. The third-order valence-electron chi connectivity index (χ3n) is 8.74. The summed E-state index contributed by atoms with van der Waals surface area (Å²) in [6, 6.07) is 5.71. The first-order chi connectivity index (χ1) is 17.7. The SMILES string of the molecule is C[C@@H](c1ccc(Cl)cc1Cl)n1nnc2cnc(N3CC([C@H]4CCCN(C5CC(C)(C(=O)O)C5)C4)C3)nc21. The van der Waals surface area contributed by atoms with E-state index < -0.39 is 11.4 Å². The highest BCUT2D eigenvalue weighted by Crippen LogP contribution is 2.45. The van der Waals surface area contributed by atoms with Gasteiger partial charge in [0.25, 0.3) is 0 Å². The number of rotatable bonds is 6. The molecule has 0 bridgehead atoms. The standard InChI is InChI=1S/C26H31Cl2N7O2/c1-15(20-6-5-18(27)8-21(20)28)35-23-22(31-32-35)11-29-25(30-23)34-13-17(14-34)16-4-3-7-33(12-16)19-9-26(2,10-19)24(36)37/h5-6,8,11,15-17,19H,3-4,7,9-10,12-14H2,1-2H3,(H,36,37)/t15-,16-,19?,26?/m0/s1. The Hall–Kier alpha value is -2.49. The van der Waals surface area contributed by atoms with Crippen molar-refractivity contribution in [1.82, 2.24) is 29.9 Å². The molecule has 0 radical (unpaired) electrons. The number of hydrogen-bond acceptors (Lipinski definition) is 7. The monoisotopic (exact) mass is 543 g/mol. The minimum absolute atomic E-state index is 0.163. The van der Waals surface area contributed by atoms with Gasteiger partial charge in [0.15, 0.2) is 11.2 Å². The van der Waals surface area contributed by atoms with Gasteiger partial charge in [-0.05, 0) is 75.6 Å². The van der Waals surface area contributed by atoms with Crippen LogP contribution in [0.5, 0.6) is 0 Å². The van der Waals surface area contributed by atoms with Crippen molar-refractivity contribution in [2.24, 2.45) is 17.3 Å². The van der Waals surface area contributed by atoms with E-state index >= 15 is 0 Å². The van der Waals surface area contributed by atoms with Crippen LogP contribution in [-0.2, 0) is 4.79 Å². The van der Waals surface area contributed by atoms with Gasteiger partial charge in [0.1, 0.15) is 0 Å². The Bertz CT molecular complexity index is 1340. The summed E-state index contributed by atoms with van der Waals surface area (Å²) in [5.74, 6) is 1.27. The summed E-state index contributed by atoms with van der Waals surface area (Å²) in [5.41, 5.74) is 1.69. The number of likely N-dealkylation sites (tertiary alicyclic amines) is 1. The molecule has 3 aliphatic rings. The molecule has 2 aromatic heterocycles. The Kier molecular flexibility index (Phi) is 6.28. The minimum atomic E-state index is -0.661. The topological polar surface area (TPSA) is 100 Å². The Morgan fingerprint density at radius 2 is 1.97 bits per heavy atom. The number of benzene rings is 1. The Morgan fingerprint density at radius 3 is 2.70 bits per heavy atom. The number of carboxylic acid groups (broad SMARTS) is 1. The Balaban J connectivity index is 1.11. The van der Waals surface area contributed by atoms with E-state index in [1.807, 2.05) is 26.0 Å². The second-order valence-electron chi connectivity index (χ2n) is 11.2. The lowest BCUT2D eigenvalue weighted by Crippen LogP contribution is -2.58. The molecule has 6 rings (SSSR count). The highest BCUT2D eigenvalue weighted by Gasteiger charge is 2.49. The van der Waals surface area contributed by atoms with Crippen LogP contribution in [-0.4, -0.2) is 73.2 Å². The summed E-state index contributed by atoms with van der Waals surface area (Å²) in [4.78, 5) is 25.7. The molecule has 1 saturated carbocycles. The van der Waals surface area contributed by atoms with Gasteiger partial charge in [0.05, 0.1) is 17.7 Å². The molecule has 11 heteroatoms. The van der Waals surface area contributed by atoms with E-state index in [1.54, 1.807) is 16.9 Å². The van der Waals surface area contributed by atoms with Gasteiger partial charge >= 0.3 is 5.97 Å². The maximum Gasteiger partial charge on any atom is 0.309 e. The molecule has 37 heavy (non-hydrogen) atoms. The lowest BCUT2D eigenvalue weighted by molar-refractivity contribution is -0.158. The molecule has 4 heterocycles. The zero-order valence-electron chi connectivity index (χ0n) is 21.0. The van der Waals surface area contributed by atoms with E-state index in [1.165, 1.54) is 12.8 Å². The number of hydrogen-bond donors (Lipinski definition) is 1. The molecular weight excluding hydrogens is 513 g/mol. The first-order valence-corrected chi connectivity index (χ1v) is 13.7. The molecule has 1 aromatic carbocycles. The van der Waals surface area contributed by atoms with Crippen LogP contribution in [0.4, 0.5) is 5.95 Å². The number of anilines is 1. The van der Waals surface area contributed by atoms with Crippen LogP contribution in [0.1, 0.15) is 51.1 Å². The van der Waals surface area contributed by atoms with Crippen molar-refractivity contribution in [3.63, 3.8) is 0 Å². The number of carboxylic acids is 1. The van der Waals surface area contributed by atoms with E-state index in [4.69, 9.17) is 28.2 Å². The minimum Gasteiger partial charge on any atom is -0.481 e. The van der Waals surface area contributed by atoms with Crippen molar-refractivity contribution in [3.8, 4) is 0 Å². The molecular formula is C26H31Cl2N7O2. The molecule has 2 saturated heterocycles. The molecule has 3 fully saturated rings. The second kappa shape index (κ2) is 9.36. The largest absolute Gasteiger partial charge is 0.481 e. The number of halogens is 2. The summed E-state index contributed by atoms with van der Waals surface area (Å²) in [6.45, 7) is 7.90. The van der Waals surface area contributed by atoms with Crippen LogP contribution in [0.3, 0.4) is 0 Å². The number of nitrogens with zero attached hydrogens (tertiary/aromatic N) is 7. The fourth-order valence-corrected chi connectivity index (χ4v) is 6.83. The molecule has 0 amide bonds. The number of fused-ring (bicyclic) bond motifs is 1. The zero-order valence-corrected chi connectivity index (χ0v) is 22.5. The zero-order chi connectivity index (χ0) is 25.9. The first-order valence-electron chi connectivity index (χ1n) is 13.0. The van der Waals surface area contributed by atoms with Crippen LogP contribution >= 0.6 is 23.2 Å². The number of aliphatic carboxylic acids is 1. The van der Waals surface area contributed by atoms with E-state index in [9.17, 15) is 9.90 Å². The molecule has 196 valence electrons. The average Bonchev–Trinajstić information content (AvgIpc) is 3.24. The van der Waals surface area contributed by atoms with Gasteiger partial charge in [-0.2, -0.15) is 4.98 Å². The van der Waals surface area contributed by atoms with Crippen LogP contribution < -0.4 is 4.90 Å². The van der Waals surface area contributed by atoms with Crippen molar-refractivity contribution < 1.29 is 9.90 Å². The van der Waals surface area contributed by atoms with Gasteiger partial charge in [-0.25, -0.2) is 9.67 Å². The highest BCUT2D eigenvalue weighted by atomic mass is 35.5. The predicted octanol–water partition coefficient (Wildman–Crippen LogP) is 4.54. The van der Waals surface area contributed by atoms with Gasteiger partial charge in [-0.1, -0.05) is 34.5 Å². The van der Waals surface area contributed by atoms with Crippen LogP contribution in [0.2, 0.25) is 10.0 Å². The van der Waals surface area contributed by atoms with Gasteiger partial charge in [-0.15, -0.1) is 5.10 Å². The van der Waals surface area contributed by atoms with Crippen molar-refractivity contribution >= 4 is 46.3 Å². The Morgan fingerprint density at radius 1 is 1.19 bits per heavy atom. The number of aromatic nitrogens is 5. The molecule has 0 unspecified atom stereocenters. The molecule has 0 spiro atoms. The number of carbonyl (C=O) groups is 1. The highest BCUT2D eigenvalue weighted by molar-refractivity contribution is 6.35. The van der Waals surface area contributed by atoms with E-state index in [0.717, 1.165) is 44.6 Å². The Labute approximate surface area is 225 Å². The third kappa shape index (κ3) is 4.45. The van der Waals surface area contributed by atoms with E-state index in [2.05, 4.69) is 25.1 Å². The summed E-state index contributed by atoms with van der Waals surface area (Å²) in [5, 5.41) is 19.2. The normalized spacial score (nSPS) is 27.6.